The molecule has 1 saturated heterocycles. The summed E-state index contributed by atoms with van der Waals surface area (Å²) in [5.74, 6) is 0.520. The standard InChI is InChI=1S/C9H20N4O/c1-11-9(10)12-3-2-4-13-5-7-14-8-6-13/h2-8H2,1H3,(H3,10,11,12). The molecule has 1 aliphatic rings. The van der Waals surface area contributed by atoms with Crippen molar-refractivity contribution < 1.29 is 4.74 Å². The normalized spacial score (nSPS) is 19.6. The van der Waals surface area contributed by atoms with Crippen LogP contribution in [-0.2, 0) is 4.74 Å². The van der Waals surface area contributed by atoms with E-state index in [-0.39, 0.29) is 0 Å². The van der Waals surface area contributed by atoms with E-state index in [0.717, 1.165) is 45.8 Å². The highest BCUT2D eigenvalue weighted by molar-refractivity contribution is 5.77. The summed E-state index contributed by atoms with van der Waals surface area (Å²) in [5, 5.41) is 3.04. The van der Waals surface area contributed by atoms with E-state index in [1.807, 2.05) is 0 Å². The molecule has 3 N–H and O–H groups in total. The van der Waals surface area contributed by atoms with E-state index in [1.54, 1.807) is 7.05 Å². The highest BCUT2D eigenvalue weighted by Gasteiger charge is 2.08. The van der Waals surface area contributed by atoms with Crippen LogP contribution >= 0.6 is 0 Å². The average molecular weight is 200 g/mol. The van der Waals surface area contributed by atoms with Crippen molar-refractivity contribution in [1.29, 1.82) is 0 Å². The number of nitrogens with zero attached hydrogens (tertiary/aromatic N) is 2. The largest absolute Gasteiger partial charge is 0.379 e. The van der Waals surface area contributed by atoms with Crippen molar-refractivity contribution in [2.24, 2.45) is 10.7 Å². The Bertz CT molecular complexity index is 178. The molecule has 0 aliphatic carbocycles. The summed E-state index contributed by atoms with van der Waals surface area (Å²) < 4.78 is 5.27. The van der Waals surface area contributed by atoms with Crippen molar-refractivity contribution >= 4 is 5.96 Å². The van der Waals surface area contributed by atoms with Crippen molar-refractivity contribution in [2.75, 3.05) is 46.4 Å². The lowest BCUT2D eigenvalue weighted by Crippen LogP contribution is -2.39. The molecule has 0 aromatic carbocycles. The molecule has 0 aromatic rings. The third-order valence-electron chi connectivity index (χ3n) is 2.30. The molecule has 0 radical (unpaired) electrons. The first-order valence-corrected chi connectivity index (χ1v) is 5.09. The molecule has 0 bridgehead atoms. The first-order chi connectivity index (χ1) is 6.83. The molecule has 0 aromatic heterocycles. The van der Waals surface area contributed by atoms with E-state index >= 15 is 0 Å². The lowest BCUT2D eigenvalue weighted by Gasteiger charge is -2.26. The molecule has 0 atom stereocenters. The Morgan fingerprint density at radius 2 is 2.21 bits per heavy atom. The van der Waals surface area contributed by atoms with Gasteiger partial charge in [-0.1, -0.05) is 0 Å². The maximum absolute atomic E-state index is 5.50. The van der Waals surface area contributed by atoms with Crippen LogP contribution in [0.5, 0.6) is 0 Å². The fraction of sp³-hybridized carbons (Fsp3) is 0.889. The number of guanidine groups is 1. The van der Waals surface area contributed by atoms with Gasteiger partial charge in [0.1, 0.15) is 0 Å². The van der Waals surface area contributed by atoms with E-state index in [4.69, 9.17) is 10.5 Å². The van der Waals surface area contributed by atoms with Gasteiger partial charge in [0.25, 0.3) is 0 Å². The fourth-order valence-corrected chi connectivity index (χ4v) is 1.42. The predicted molar refractivity (Wildman–Crippen MR) is 57.4 cm³/mol. The van der Waals surface area contributed by atoms with Crippen molar-refractivity contribution in [3.63, 3.8) is 0 Å². The summed E-state index contributed by atoms with van der Waals surface area (Å²) in [6.07, 6.45) is 1.09. The number of rotatable bonds is 4. The summed E-state index contributed by atoms with van der Waals surface area (Å²) in [4.78, 5) is 6.23. The van der Waals surface area contributed by atoms with Gasteiger partial charge >= 0.3 is 0 Å². The maximum atomic E-state index is 5.50. The Kier molecular flexibility index (Phi) is 5.32. The first-order valence-electron chi connectivity index (χ1n) is 5.09. The summed E-state index contributed by atoms with van der Waals surface area (Å²) >= 11 is 0. The van der Waals surface area contributed by atoms with Crippen molar-refractivity contribution in [2.45, 2.75) is 6.42 Å². The number of nitrogens with two attached hydrogens (primary N) is 1. The van der Waals surface area contributed by atoms with Gasteiger partial charge in [-0.3, -0.25) is 9.89 Å². The number of ether oxygens (including phenoxy) is 1. The van der Waals surface area contributed by atoms with Crippen LogP contribution in [0.4, 0.5) is 0 Å². The Balaban J connectivity index is 1.97. The first kappa shape index (κ1) is 11.3. The quantitative estimate of drug-likeness (QED) is 0.356. The minimum atomic E-state index is 0.520. The van der Waals surface area contributed by atoms with Crippen molar-refractivity contribution in [1.82, 2.24) is 10.2 Å². The zero-order chi connectivity index (χ0) is 10.2. The average Bonchev–Trinajstić information content (AvgIpc) is 2.25. The topological polar surface area (TPSA) is 62.9 Å². The monoisotopic (exact) mass is 200 g/mol. The zero-order valence-corrected chi connectivity index (χ0v) is 8.83. The Morgan fingerprint density at radius 1 is 1.50 bits per heavy atom. The van der Waals surface area contributed by atoms with E-state index in [2.05, 4.69) is 15.2 Å². The van der Waals surface area contributed by atoms with Crippen LogP contribution in [0, 0.1) is 0 Å². The van der Waals surface area contributed by atoms with E-state index in [0.29, 0.717) is 5.96 Å². The predicted octanol–water partition coefficient (Wildman–Crippen LogP) is -0.757. The Hall–Kier alpha value is -0.810. The molecule has 1 fully saturated rings. The number of nitrogens with one attached hydrogen (secondary N) is 1. The molecule has 1 heterocycles. The Labute approximate surface area is 85.3 Å². The maximum Gasteiger partial charge on any atom is 0.188 e. The Morgan fingerprint density at radius 3 is 2.86 bits per heavy atom. The molecule has 5 nitrogen and oxygen atoms in total. The number of hydrogen-bond acceptors (Lipinski definition) is 3. The van der Waals surface area contributed by atoms with Crippen molar-refractivity contribution in [3.8, 4) is 0 Å². The van der Waals surface area contributed by atoms with Gasteiger partial charge in [-0.05, 0) is 13.0 Å². The molecule has 14 heavy (non-hydrogen) atoms. The molecule has 0 amide bonds. The van der Waals surface area contributed by atoms with Gasteiger partial charge in [0, 0.05) is 26.7 Å². The lowest BCUT2D eigenvalue weighted by atomic mass is 10.3. The SMILES string of the molecule is CN=C(N)NCCCN1CCOCC1. The highest BCUT2D eigenvalue weighted by Crippen LogP contribution is 1.96. The van der Waals surface area contributed by atoms with E-state index in [9.17, 15) is 0 Å². The molecular formula is C9H20N4O. The molecule has 82 valence electrons. The second-order valence-electron chi connectivity index (χ2n) is 3.34. The van der Waals surface area contributed by atoms with Crippen LogP contribution in [0.15, 0.2) is 4.99 Å². The zero-order valence-electron chi connectivity index (χ0n) is 8.83. The van der Waals surface area contributed by atoms with E-state index in [1.165, 1.54) is 0 Å². The molecule has 0 saturated carbocycles. The van der Waals surface area contributed by atoms with Crippen molar-refractivity contribution in [3.05, 3.63) is 0 Å². The smallest absolute Gasteiger partial charge is 0.188 e. The summed E-state index contributed by atoms with van der Waals surface area (Å²) in [6, 6.07) is 0. The molecule has 5 heteroatoms. The molecular weight excluding hydrogens is 180 g/mol. The second kappa shape index (κ2) is 6.62. The van der Waals surface area contributed by atoms with Gasteiger partial charge in [0.2, 0.25) is 0 Å². The lowest BCUT2D eigenvalue weighted by molar-refractivity contribution is 0.0376. The second-order valence-corrected chi connectivity index (χ2v) is 3.34. The van der Waals surface area contributed by atoms with Gasteiger partial charge < -0.3 is 15.8 Å². The van der Waals surface area contributed by atoms with Crippen LogP contribution in [0.3, 0.4) is 0 Å². The van der Waals surface area contributed by atoms with Crippen LogP contribution in [-0.4, -0.2) is 57.3 Å². The summed E-state index contributed by atoms with van der Waals surface area (Å²) in [7, 11) is 1.68. The van der Waals surface area contributed by atoms with Crippen LogP contribution < -0.4 is 11.1 Å². The molecule has 0 spiro atoms. The van der Waals surface area contributed by atoms with Gasteiger partial charge in [-0.15, -0.1) is 0 Å². The number of aliphatic imine (C=N–C) groups is 1. The molecule has 1 aliphatic heterocycles. The fourth-order valence-electron chi connectivity index (χ4n) is 1.42. The van der Waals surface area contributed by atoms with Gasteiger partial charge in [-0.25, -0.2) is 0 Å². The summed E-state index contributed by atoms with van der Waals surface area (Å²) in [6.45, 7) is 5.83. The molecule has 1 rings (SSSR count). The van der Waals surface area contributed by atoms with Crippen LogP contribution in [0.2, 0.25) is 0 Å². The molecule has 0 unspecified atom stereocenters. The third-order valence-corrected chi connectivity index (χ3v) is 2.30. The van der Waals surface area contributed by atoms with Crippen LogP contribution in [0.25, 0.3) is 0 Å². The third kappa shape index (κ3) is 4.43. The number of hydrogen-bond donors (Lipinski definition) is 2. The minimum Gasteiger partial charge on any atom is -0.379 e. The minimum absolute atomic E-state index is 0.520. The van der Waals surface area contributed by atoms with E-state index < -0.39 is 0 Å². The van der Waals surface area contributed by atoms with Gasteiger partial charge in [-0.2, -0.15) is 0 Å². The van der Waals surface area contributed by atoms with Crippen LogP contribution in [0.1, 0.15) is 6.42 Å². The summed E-state index contributed by atoms with van der Waals surface area (Å²) in [5.41, 5.74) is 5.50. The number of morpholine rings is 1. The van der Waals surface area contributed by atoms with Gasteiger partial charge in [0.05, 0.1) is 13.2 Å². The van der Waals surface area contributed by atoms with Gasteiger partial charge in [0.15, 0.2) is 5.96 Å². The highest BCUT2D eigenvalue weighted by atomic mass is 16.5.